The highest BCUT2D eigenvalue weighted by Crippen LogP contribution is 2.24. The van der Waals surface area contributed by atoms with E-state index in [2.05, 4.69) is 10.3 Å². The largest absolute Gasteiger partial charge is 0.497 e. The minimum absolute atomic E-state index is 0.0844. The molecule has 1 aliphatic heterocycles. The van der Waals surface area contributed by atoms with Crippen molar-refractivity contribution in [3.63, 3.8) is 0 Å². The molecule has 0 radical (unpaired) electrons. The number of rotatable bonds is 3. The zero-order valence-electron chi connectivity index (χ0n) is 13.7. The van der Waals surface area contributed by atoms with E-state index < -0.39 is 0 Å². The Kier molecular flexibility index (Phi) is 4.80. The summed E-state index contributed by atoms with van der Waals surface area (Å²) in [5.41, 5.74) is 1.60. The maximum Gasteiger partial charge on any atom is 0.284 e. The van der Waals surface area contributed by atoms with Crippen LogP contribution < -0.4 is 10.1 Å². The zero-order valence-corrected chi connectivity index (χ0v) is 14.5. The van der Waals surface area contributed by atoms with Gasteiger partial charge in [0.1, 0.15) is 5.75 Å². The van der Waals surface area contributed by atoms with E-state index in [1.807, 2.05) is 23.1 Å². The summed E-state index contributed by atoms with van der Waals surface area (Å²) >= 11 is 1.41. The van der Waals surface area contributed by atoms with Crippen LogP contribution in [-0.4, -0.2) is 41.9 Å². The van der Waals surface area contributed by atoms with E-state index in [1.54, 1.807) is 20.1 Å². The first-order chi connectivity index (χ1) is 11.6. The number of anilines is 1. The lowest BCUT2D eigenvalue weighted by molar-refractivity contribution is -0.128. The molecule has 1 aliphatic rings. The molecule has 0 spiro atoms. The second kappa shape index (κ2) is 7.00. The van der Waals surface area contributed by atoms with Crippen LogP contribution in [0.3, 0.4) is 0 Å². The summed E-state index contributed by atoms with van der Waals surface area (Å²) in [6, 6.07) is 7.22. The van der Waals surface area contributed by atoms with E-state index in [-0.39, 0.29) is 11.8 Å². The molecule has 0 aliphatic carbocycles. The summed E-state index contributed by atoms with van der Waals surface area (Å²) < 4.78 is 5.16. The smallest absolute Gasteiger partial charge is 0.284 e. The van der Waals surface area contributed by atoms with Crippen molar-refractivity contribution in [2.45, 2.75) is 19.8 Å². The average molecular weight is 345 g/mol. The van der Waals surface area contributed by atoms with Crippen molar-refractivity contribution in [2.75, 3.05) is 25.5 Å². The number of amides is 2. The Hall–Kier alpha value is -2.41. The molecular formula is C17H19N3O3S. The molecule has 0 atom stereocenters. The third-order valence-corrected chi connectivity index (χ3v) is 5.13. The normalized spacial score (nSPS) is 13.8. The minimum Gasteiger partial charge on any atom is -0.497 e. The van der Waals surface area contributed by atoms with Crippen molar-refractivity contribution < 1.29 is 14.3 Å². The number of fused-ring (bicyclic) bond motifs is 1. The molecule has 2 aromatic rings. The molecule has 2 heterocycles. The molecule has 1 aromatic heterocycles. The Morgan fingerprint density at radius 1 is 1.29 bits per heavy atom. The van der Waals surface area contributed by atoms with E-state index in [0.717, 1.165) is 17.0 Å². The van der Waals surface area contributed by atoms with E-state index in [1.165, 1.54) is 11.3 Å². The molecule has 1 aromatic carbocycles. The van der Waals surface area contributed by atoms with Gasteiger partial charge < -0.3 is 15.0 Å². The lowest BCUT2D eigenvalue weighted by atomic mass is 10.2. The summed E-state index contributed by atoms with van der Waals surface area (Å²) in [6.07, 6.45) is 1.44. The van der Waals surface area contributed by atoms with Crippen LogP contribution >= 0.6 is 11.3 Å². The number of hydrogen-bond donors (Lipinski definition) is 1. The van der Waals surface area contributed by atoms with E-state index >= 15 is 0 Å². The highest BCUT2D eigenvalue weighted by atomic mass is 32.1. The Morgan fingerprint density at radius 2 is 2.08 bits per heavy atom. The molecule has 7 heteroatoms. The van der Waals surface area contributed by atoms with Crippen LogP contribution in [0.25, 0.3) is 0 Å². The lowest BCUT2D eigenvalue weighted by Crippen LogP contribution is -2.31. The highest BCUT2D eigenvalue weighted by Gasteiger charge is 2.22. The Morgan fingerprint density at radius 3 is 2.83 bits per heavy atom. The van der Waals surface area contributed by atoms with Gasteiger partial charge in [-0.25, -0.2) is 4.98 Å². The average Bonchev–Trinajstić information content (AvgIpc) is 2.88. The number of carbonyl (C=O) groups is 2. The first-order valence-electron chi connectivity index (χ1n) is 7.76. The number of aromatic nitrogens is 1. The van der Waals surface area contributed by atoms with Crippen molar-refractivity contribution >= 4 is 28.8 Å². The van der Waals surface area contributed by atoms with Crippen LogP contribution in [0.2, 0.25) is 0 Å². The fraction of sp³-hybridized carbons (Fsp3) is 0.353. The zero-order chi connectivity index (χ0) is 17.1. The van der Waals surface area contributed by atoms with Gasteiger partial charge in [0.2, 0.25) is 5.91 Å². The second-order valence-corrected chi connectivity index (χ2v) is 6.66. The Bertz CT molecular complexity index is 747. The van der Waals surface area contributed by atoms with E-state index in [9.17, 15) is 9.59 Å². The predicted molar refractivity (Wildman–Crippen MR) is 92.7 cm³/mol. The summed E-state index contributed by atoms with van der Waals surface area (Å²) in [6.45, 7) is 2.92. The monoisotopic (exact) mass is 345 g/mol. The third kappa shape index (κ3) is 3.56. The van der Waals surface area contributed by atoms with Gasteiger partial charge >= 0.3 is 0 Å². The van der Waals surface area contributed by atoms with Gasteiger partial charge in [-0.2, -0.15) is 0 Å². The summed E-state index contributed by atoms with van der Waals surface area (Å²) in [4.78, 5) is 31.3. The van der Waals surface area contributed by atoms with Crippen molar-refractivity contribution in [3.05, 3.63) is 39.8 Å². The van der Waals surface area contributed by atoms with Crippen LogP contribution in [0.5, 0.6) is 5.75 Å². The topological polar surface area (TPSA) is 71.5 Å². The van der Waals surface area contributed by atoms with Gasteiger partial charge in [0.15, 0.2) is 5.01 Å². The van der Waals surface area contributed by atoms with Crippen LogP contribution in [0, 0.1) is 0 Å². The third-order valence-electron chi connectivity index (χ3n) is 3.97. The Labute approximate surface area is 144 Å². The maximum atomic E-state index is 12.4. The van der Waals surface area contributed by atoms with Gasteiger partial charge in [-0.1, -0.05) is 6.07 Å². The number of hydrogen-bond acceptors (Lipinski definition) is 5. The van der Waals surface area contributed by atoms with Crippen LogP contribution in [0.4, 0.5) is 5.69 Å². The lowest BCUT2D eigenvalue weighted by Gasteiger charge is -2.17. The van der Waals surface area contributed by atoms with Crippen LogP contribution in [0.1, 0.15) is 27.3 Å². The molecular weight excluding hydrogens is 326 g/mol. The van der Waals surface area contributed by atoms with Crippen molar-refractivity contribution in [1.82, 2.24) is 9.88 Å². The predicted octanol–water partition coefficient (Wildman–Crippen LogP) is 2.35. The van der Waals surface area contributed by atoms with Crippen LogP contribution in [0.15, 0.2) is 24.3 Å². The van der Waals surface area contributed by atoms with Crippen molar-refractivity contribution in [2.24, 2.45) is 0 Å². The summed E-state index contributed by atoms with van der Waals surface area (Å²) in [7, 11) is 1.59. The second-order valence-electron chi connectivity index (χ2n) is 5.58. The summed E-state index contributed by atoms with van der Waals surface area (Å²) in [5, 5.41) is 3.31. The molecule has 126 valence electrons. The molecule has 2 amide bonds. The Balaban J connectivity index is 1.71. The number of methoxy groups -OCH3 is 1. The fourth-order valence-electron chi connectivity index (χ4n) is 2.66. The molecule has 0 unspecified atom stereocenters. The number of benzene rings is 1. The highest BCUT2D eigenvalue weighted by molar-refractivity contribution is 7.13. The molecule has 1 N–H and O–H groups in total. The quantitative estimate of drug-likeness (QED) is 0.927. The standard InChI is InChI=1S/C17H19N3O3S/c1-11(21)20-8-6-14-15(7-9-20)24-17(19-14)16(22)18-12-4-3-5-13(10-12)23-2/h3-5,10H,6-9H2,1-2H3,(H,18,22). The van der Waals surface area contributed by atoms with Gasteiger partial charge in [-0.05, 0) is 12.1 Å². The number of thiazole rings is 1. The number of nitrogens with zero attached hydrogens (tertiary/aromatic N) is 2. The minimum atomic E-state index is -0.218. The van der Waals surface area contributed by atoms with Gasteiger partial charge in [0.05, 0.1) is 12.8 Å². The first kappa shape index (κ1) is 16.4. The van der Waals surface area contributed by atoms with Gasteiger partial charge in [-0.15, -0.1) is 11.3 Å². The number of nitrogens with one attached hydrogen (secondary N) is 1. The number of ether oxygens (including phenoxy) is 1. The van der Waals surface area contributed by atoms with Crippen molar-refractivity contribution in [1.29, 1.82) is 0 Å². The molecule has 3 rings (SSSR count). The maximum absolute atomic E-state index is 12.4. The van der Waals surface area contributed by atoms with E-state index in [0.29, 0.717) is 36.0 Å². The van der Waals surface area contributed by atoms with Crippen molar-refractivity contribution in [3.8, 4) is 5.75 Å². The van der Waals surface area contributed by atoms with Gasteiger partial charge in [0, 0.05) is 49.5 Å². The molecule has 0 saturated carbocycles. The molecule has 6 nitrogen and oxygen atoms in total. The fourth-order valence-corrected chi connectivity index (χ4v) is 3.65. The SMILES string of the molecule is COc1cccc(NC(=O)c2nc3c(s2)CCN(C(C)=O)CC3)c1. The molecule has 0 bridgehead atoms. The van der Waals surface area contributed by atoms with Crippen LogP contribution in [-0.2, 0) is 17.6 Å². The van der Waals surface area contributed by atoms with Gasteiger partial charge in [0.25, 0.3) is 5.91 Å². The molecule has 24 heavy (non-hydrogen) atoms. The van der Waals surface area contributed by atoms with Gasteiger partial charge in [-0.3, -0.25) is 9.59 Å². The number of carbonyl (C=O) groups excluding carboxylic acids is 2. The summed E-state index contributed by atoms with van der Waals surface area (Å²) in [5.74, 6) is 0.554. The van der Waals surface area contributed by atoms with E-state index in [4.69, 9.17) is 4.74 Å². The first-order valence-corrected chi connectivity index (χ1v) is 8.58. The molecule has 0 fully saturated rings. The molecule has 0 saturated heterocycles.